The molecule has 0 spiro atoms. The van der Waals surface area contributed by atoms with Gasteiger partial charge in [0.05, 0.1) is 5.69 Å². The van der Waals surface area contributed by atoms with Crippen LogP contribution in [0.25, 0.3) is 0 Å². The number of hydrogen-bond acceptors (Lipinski definition) is 5. The van der Waals surface area contributed by atoms with Crippen molar-refractivity contribution in [3.8, 4) is 0 Å². The molecule has 0 bridgehead atoms. The predicted molar refractivity (Wildman–Crippen MR) is 83.1 cm³/mol. The number of likely N-dealkylation sites (N-methyl/N-ethyl adjacent to an activating group) is 1. The fourth-order valence-electron chi connectivity index (χ4n) is 2.49. The minimum absolute atomic E-state index is 0.273. The van der Waals surface area contributed by atoms with Gasteiger partial charge >= 0.3 is 0 Å². The van der Waals surface area contributed by atoms with E-state index in [4.69, 9.17) is 5.73 Å². The molecule has 1 aromatic carbocycles. The third kappa shape index (κ3) is 3.73. The Morgan fingerprint density at radius 2 is 2.23 bits per heavy atom. The number of hydrogen-bond donors (Lipinski definition) is 3. The van der Waals surface area contributed by atoms with Gasteiger partial charge in [-0.25, -0.2) is 4.39 Å². The minimum Gasteiger partial charge on any atom is -0.374 e. The van der Waals surface area contributed by atoms with Crippen molar-refractivity contribution in [2.45, 2.75) is 25.8 Å². The van der Waals surface area contributed by atoms with E-state index in [1.807, 2.05) is 11.8 Å². The summed E-state index contributed by atoms with van der Waals surface area (Å²) in [5, 5.41) is 5.22. The van der Waals surface area contributed by atoms with Crippen LogP contribution in [0, 0.1) is 5.82 Å². The molecular formula is C15H21FN4O2. The quantitative estimate of drug-likeness (QED) is 0.678. The maximum Gasteiger partial charge on any atom is 0.249 e. The maximum atomic E-state index is 14.2. The van der Waals surface area contributed by atoms with Gasteiger partial charge in [0.15, 0.2) is 0 Å². The molecule has 1 saturated heterocycles. The van der Waals surface area contributed by atoms with Crippen LogP contribution >= 0.6 is 0 Å². The normalized spacial score (nSPS) is 18.0. The van der Waals surface area contributed by atoms with E-state index in [2.05, 4.69) is 10.6 Å². The van der Waals surface area contributed by atoms with Gasteiger partial charge in [-0.15, -0.1) is 0 Å². The van der Waals surface area contributed by atoms with Crippen LogP contribution in [0.1, 0.15) is 19.8 Å². The number of nitrogens with zero attached hydrogens (tertiary/aromatic N) is 1. The number of rotatable bonds is 6. The predicted octanol–water partition coefficient (Wildman–Crippen LogP) is 0.828. The van der Waals surface area contributed by atoms with E-state index in [1.54, 1.807) is 12.1 Å². The van der Waals surface area contributed by atoms with Crippen molar-refractivity contribution in [3.05, 3.63) is 24.0 Å². The van der Waals surface area contributed by atoms with E-state index in [0.717, 1.165) is 0 Å². The molecular weight excluding hydrogens is 287 g/mol. The van der Waals surface area contributed by atoms with Crippen LogP contribution in [0.15, 0.2) is 18.2 Å². The number of imide groups is 1. The zero-order valence-corrected chi connectivity index (χ0v) is 12.6. The summed E-state index contributed by atoms with van der Waals surface area (Å²) in [7, 11) is 0. The molecule has 22 heavy (non-hydrogen) atoms. The first-order valence-electron chi connectivity index (χ1n) is 7.40. The topological polar surface area (TPSA) is 87.5 Å². The van der Waals surface area contributed by atoms with Gasteiger partial charge in [-0.2, -0.15) is 0 Å². The second-order valence-corrected chi connectivity index (χ2v) is 5.18. The summed E-state index contributed by atoms with van der Waals surface area (Å²) in [6.07, 6.45) is 0.687. The summed E-state index contributed by atoms with van der Waals surface area (Å²) in [4.78, 5) is 24.6. The molecule has 2 rings (SSSR count). The molecule has 0 aliphatic carbocycles. The minimum atomic E-state index is -0.519. The SMILES string of the molecule is CCN(CCN)c1ccc(NC2CCC(=O)NC2=O)cc1F. The van der Waals surface area contributed by atoms with Crippen molar-refractivity contribution < 1.29 is 14.0 Å². The van der Waals surface area contributed by atoms with Gasteiger partial charge in [0.1, 0.15) is 11.9 Å². The molecule has 2 amide bonds. The number of amides is 2. The smallest absolute Gasteiger partial charge is 0.249 e. The van der Waals surface area contributed by atoms with Gasteiger partial charge in [-0.3, -0.25) is 14.9 Å². The molecule has 120 valence electrons. The summed E-state index contributed by atoms with van der Waals surface area (Å²) < 4.78 is 14.2. The second kappa shape index (κ2) is 7.22. The van der Waals surface area contributed by atoms with E-state index in [-0.39, 0.29) is 24.1 Å². The highest BCUT2D eigenvalue weighted by atomic mass is 19.1. The van der Waals surface area contributed by atoms with Crippen LogP contribution < -0.4 is 21.3 Å². The molecule has 4 N–H and O–H groups in total. The Balaban J connectivity index is 2.09. The molecule has 1 heterocycles. The van der Waals surface area contributed by atoms with Crippen LogP contribution in [-0.2, 0) is 9.59 Å². The van der Waals surface area contributed by atoms with Crippen molar-refractivity contribution in [2.24, 2.45) is 5.73 Å². The van der Waals surface area contributed by atoms with E-state index >= 15 is 0 Å². The van der Waals surface area contributed by atoms with Crippen molar-refractivity contribution in [3.63, 3.8) is 0 Å². The summed E-state index contributed by atoms with van der Waals surface area (Å²) in [5.74, 6) is -1.02. The number of carbonyl (C=O) groups excluding carboxylic acids is 2. The van der Waals surface area contributed by atoms with Gasteiger partial charge in [0, 0.05) is 31.7 Å². The maximum absolute atomic E-state index is 14.2. The fourth-order valence-corrected chi connectivity index (χ4v) is 2.49. The Labute approximate surface area is 128 Å². The van der Waals surface area contributed by atoms with Crippen LogP contribution in [0.4, 0.5) is 15.8 Å². The average molecular weight is 308 g/mol. The van der Waals surface area contributed by atoms with Gasteiger partial charge in [-0.1, -0.05) is 0 Å². The van der Waals surface area contributed by atoms with Gasteiger partial charge < -0.3 is 16.0 Å². The Kier molecular flexibility index (Phi) is 5.32. The van der Waals surface area contributed by atoms with Gasteiger partial charge in [-0.05, 0) is 31.5 Å². The molecule has 7 heteroatoms. The average Bonchev–Trinajstić information content (AvgIpc) is 2.48. The number of anilines is 2. The highest BCUT2D eigenvalue weighted by molar-refractivity contribution is 6.01. The van der Waals surface area contributed by atoms with E-state index < -0.39 is 6.04 Å². The third-order valence-electron chi connectivity index (χ3n) is 3.65. The lowest BCUT2D eigenvalue weighted by Crippen LogP contribution is -2.47. The van der Waals surface area contributed by atoms with E-state index in [0.29, 0.717) is 37.4 Å². The van der Waals surface area contributed by atoms with Crippen LogP contribution in [0.2, 0.25) is 0 Å². The summed E-state index contributed by atoms with van der Waals surface area (Å²) in [6.45, 7) is 3.62. The lowest BCUT2D eigenvalue weighted by molar-refractivity contribution is -0.133. The molecule has 0 aromatic heterocycles. The van der Waals surface area contributed by atoms with Crippen molar-refractivity contribution in [1.82, 2.24) is 5.32 Å². The Morgan fingerprint density at radius 3 is 2.82 bits per heavy atom. The lowest BCUT2D eigenvalue weighted by Gasteiger charge is -2.25. The first-order chi connectivity index (χ1) is 10.5. The molecule has 1 fully saturated rings. The highest BCUT2D eigenvalue weighted by Gasteiger charge is 2.26. The van der Waals surface area contributed by atoms with Crippen molar-refractivity contribution in [2.75, 3.05) is 29.9 Å². The largest absolute Gasteiger partial charge is 0.374 e. The zero-order chi connectivity index (χ0) is 16.1. The highest BCUT2D eigenvalue weighted by Crippen LogP contribution is 2.24. The van der Waals surface area contributed by atoms with Crippen LogP contribution in [0.3, 0.4) is 0 Å². The molecule has 0 radical (unpaired) electrons. The molecule has 1 aromatic rings. The molecule has 1 atom stereocenters. The van der Waals surface area contributed by atoms with Gasteiger partial charge in [0.25, 0.3) is 0 Å². The van der Waals surface area contributed by atoms with Crippen molar-refractivity contribution in [1.29, 1.82) is 0 Å². The first-order valence-corrected chi connectivity index (χ1v) is 7.40. The molecule has 1 aliphatic rings. The lowest BCUT2D eigenvalue weighted by atomic mass is 10.1. The fraction of sp³-hybridized carbons (Fsp3) is 0.467. The summed E-state index contributed by atoms with van der Waals surface area (Å²) >= 11 is 0. The Morgan fingerprint density at radius 1 is 1.45 bits per heavy atom. The van der Waals surface area contributed by atoms with E-state index in [9.17, 15) is 14.0 Å². The second-order valence-electron chi connectivity index (χ2n) is 5.18. The number of benzene rings is 1. The number of carbonyl (C=O) groups is 2. The molecule has 0 saturated carbocycles. The van der Waals surface area contributed by atoms with Crippen LogP contribution in [-0.4, -0.2) is 37.5 Å². The zero-order valence-electron chi connectivity index (χ0n) is 12.6. The number of halogens is 1. The molecule has 1 aliphatic heterocycles. The monoisotopic (exact) mass is 308 g/mol. The van der Waals surface area contributed by atoms with Gasteiger partial charge in [0.2, 0.25) is 11.8 Å². The number of nitrogens with one attached hydrogen (secondary N) is 2. The summed E-state index contributed by atoms with van der Waals surface area (Å²) in [5.41, 5.74) is 6.53. The first kappa shape index (κ1) is 16.2. The standard InChI is InChI=1S/C15H21FN4O2/c1-2-20(8-7-17)13-5-3-10(9-11(13)16)18-12-4-6-14(21)19-15(12)22/h3,5,9,12,18H,2,4,6-8,17H2,1H3,(H,19,21,22). The molecule has 1 unspecified atom stereocenters. The molecule has 6 nitrogen and oxygen atoms in total. The Hall–Kier alpha value is -2.15. The number of piperidine rings is 1. The third-order valence-corrected chi connectivity index (χ3v) is 3.65. The summed E-state index contributed by atoms with van der Waals surface area (Å²) in [6, 6.07) is 4.23. The Bertz CT molecular complexity index is 564. The van der Waals surface area contributed by atoms with Crippen molar-refractivity contribution >= 4 is 23.2 Å². The van der Waals surface area contributed by atoms with Crippen LogP contribution in [0.5, 0.6) is 0 Å². The number of nitrogens with two attached hydrogens (primary N) is 1. The van der Waals surface area contributed by atoms with E-state index in [1.165, 1.54) is 6.07 Å².